The number of rotatable bonds is 4. The summed E-state index contributed by atoms with van der Waals surface area (Å²) in [6.07, 6.45) is 0.479. The van der Waals surface area contributed by atoms with E-state index in [1.807, 2.05) is 6.07 Å². The van der Waals surface area contributed by atoms with Crippen molar-refractivity contribution >= 4 is 0 Å². The van der Waals surface area contributed by atoms with Crippen molar-refractivity contribution in [2.75, 3.05) is 6.54 Å². The molecule has 2 aromatic rings. The molecule has 2 aromatic carbocycles. The SMILES string of the molecule is NCC(Cc1ccccc1F)c1cccc(F)c1. The molecule has 1 unspecified atom stereocenters. The first-order valence-electron chi connectivity index (χ1n) is 5.89. The van der Waals surface area contributed by atoms with Crippen LogP contribution in [0.15, 0.2) is 48.5 Å². The van der Waals surface area contributed by atoms with Crippen LogP contribution in [0.2, 0.25) is 0 Å². The smallest absolute Gasteiger partial charge is 0.126 e. The molecule has 1 atom stereocenters. The van der Waals surface area contributed by atoms with E-state index in [4.69, 9.17) is 5.73 Å². The van der Waals surface area contributed by atoms with Gasteiger partial charge in [0.1, 0.15) is 11.6 Å². The molecule has 0 aliphatic heterocycles. The molecule has 0 aliphatic rings. The molecule has 2 rings (SSSR count). The lowest BCUT2D eigenvalue weighted by atomic mass is 9.92. The van der Waals surface area contributed by atoms with Gasteiger partial charge in [0.2, 0.25) is 0 Å². The molecule has 0 amide bonds. The van der Waals surface area contributed by atoms with Crippen LogP contribution in [0.4, 0.5) is 8.78 Å². The van der Waals surface area contributed by atoms with E-state index in [2.05, 4.69) is 0 Å². The van der Waals surface area contributed by atoms with Crippen LogP contribution in [0.3, 0.4) is 0 Å². The predicted octanol–water partition coefficient (Wildman–Crippen LogP) is 3.25. The van der Waals surface area contributed by atoms with Crippen molar-refractivity contribution < 1.29 is 8.78 Å². The fraction of sp³-hybridized carbons (Fsp3) is 0.200. The minimum Gasteiger partial charge on any atom is -0.330 e. The Kier molecular flexibility index (Phi) is 4.05. The molecular weight excluding hydrogens is 232 g/mol. The van der Waals surface area contributed by atoms with Gasteiger partial charge in [-0.25, -0.2) is 8.78 Å². The molecule has 0 spiro atoms. The van der Waals surface area contributed by atoms with E-state index >= 15 is 0 Å². The van der Waals surface area contributed by atoms with Crippen LogP contribution in [-0.2, 0) is 6.42 Å². The maximum Gasteiger partial charge on any atom is 0.126 e. The van der Waals surface area contributed by atoms with Crippen molar-refractivity contribution in [1.82, 2.24) is 0 Å². The van der Waals surface area contributed by atoms with Gasteiger partial charge in [-0.3, -0.25) is 0 Å². The standard InChI is InChI=1S/C15H15F2N/c16-14-6-3-5-11(9-14)13(10-18)8-12-4-1-2-7-15(12)17/h1-7,9,13H,8,10,18H2. The van der Waals surface area contributed by atoms with E-state index in [-0.39, 0.29) is 17.6 Å². The normalized spacial score (nSPS) is 12.4. The molecule has 2 N–H and O–H groups in total. The van der Waals surface area contributed by atoms with Gasteiger partial charge >= 0.3 is 0 Å². The Morgan fingerprint density at radius 3 is 2.44 bits per heavy atom. The predicted molar refractivity (Wildman–Crippen MR) is 68.3 cm³/mol. The molecule has 18 heavy (non-hydrogen) atoms. The Labute approximate surface area is 105 Å². The summed E-state index contributed by atoms with van der Waals surface area (Å²) in [6, 6.07) is 12.9. The zero-order valence-corrected chi connectivity index (χ0v) is 9.94. The van der Waals surface area contributed by atoms with Crippen molar-refractivity contribution in [2.45, 2.75) is 12.3 Å². The van der Waals surface area contributed by atoms with Crippen LogP contribution in [0.25, 0.3) is 0 Å². The lowest BCUT2D eigenvalue weighted by Crippen LogP contribution is -2.15. The summed E-state index contributed by atoms with van der Waals surface area (Å²) in [4.78, 5) is 0. The van der Waals surface area contributed by atoms with Gasteiger partial charge in [-0.1, -0.05) is 30.3 Å². The second-order valence-corrected chi connectivity index (χ2v) is 4.28. The summed E-state index contributed by atoms with van der Waals surface area (Å²) in [6.45, 7) is 0.359. The summed E-state index contributed by atoms with van der Waals surface area (Å²) in [5.74, 6) is -0.607. The quantitative estimate of drug-likeness (QED) is 0.881. The van der Waals surface area contributed by atoms with Crippen molar-refractivity contribution in [3.8, 4) is 0 Å². The van der Waals surface area contributed by atoms with Crippen molar-refractivity contribution in [1.29, 1.82) is 0 Å². The minimum atomic E-state index is -0.292. The van der Waals surface area contributed by atoms with E-state index in [9.17, 15) is 8.78 Å². The fourth-order valence-corrected chi connectivity index (χ4v) is 2.03. The molecule has 0 aliphatic carbocycles. The molecule has 94 valence electrons. The summed E-state index contributed by atoms with van der Waals surface area (Å²) < 4.78 is 26.7. The molecular formula is C15H15F2N. The zero-order chi connectivity index (χ0) is 13.0. The van der Waals surface area contributed by atoms with Crippen LogP contribution in [0.1, 0.15) is 17.0 Å². The van der Waals surface area contributed by atoms with Crippen LogP contribution in [-0.4, -0.2) is 6.54 Å². The van der Waals surface area contributed by atoms with Crippen molar-refractivity contribution in [3.05, 3.63) is 71.3 Å². The van der Waals surface area contributed by atoms with Crippen molar-refractivity contribution in [3.63, 3.8) is 0 Å². The molecule has 1 nitrogen and oxygen atoms in total. The van der Waals surface area contributed by atoms with Crippen LogP contribution >= 0.6 is 0 Å². The topological polar surface area (TPSA) is 26.0 Å². The largest absolute Gasteiger partial charge is 0.330 e. The average Bonchev–Trinajstić information content (AvgIpc) is 2.38. The molecule has 0 bridgehead atoms. The van der Waals surface area contributed by atoms with Gasteiger partial charge < -0.3 is 5.73 Å². The maximum atomic E-state index is 13.6. The fourth-order valence-electron chi connectivity index (χ4n) is 2.03. The average molecular weight is 247 g/mol. The van der Waals surface area contributed by atoms with Crippen LogP contribution < -0.4 is 5.73 Å². The van der Waals surface area contributed by atoms with E-state index < -0.39 is 0 Å². The summed E-state index contributed by atoms with van der Waals surface area (Å²) in [5, 5.41) is 0. The van der Waals surface area contributed by atoms with E-state index in [0.29, 0.717) is 18.5 Å². The molecule has 0 saturated heterocycles. The number of halogens is 2. The first-order chi connectivity index (χ1) is 8.70. The Morgan fingerprint density at radius 1 is 1.00 bits per heavy atom. The van der Waals surface area contributed by atoms with Crippen molar-refractivity contribution in [2.24, 2.45) is 5.73 Å². The molecule has 0 saturated carbocycles. The second-order valence-electron chi connectivity index (χ2n) is 4.28. The van der Waals surface area contributed by atoms with Crippen LogP contribution in [0, 0.1) is 11.6 Å². The van der Waals surface area contributed by atoms with E-state index in [1.54, 1.807) is 24.3 Å². The molecule has 0 fully saturated rings. The van der Waals surface area contributed by atoms with Gasteiger partial charge in [0.25, 0.3) is 0 Å². The summed E-state index contributed by atoms with van der Waals surface area (Å²) in [7, 11) is 0. The van der Waals surface area contributed by atoms with Crippen LogP contribution in [0.5, 0.6) is 0 Å². The Hall–Kier alpha value is -1.74. The van der Waals surface area contributed by atoms with Gasteiger partial charge in [0, 0.05) is 5.92 Å². The highest BCUT2D eigenvalue weighted by atomic mass is 19.1. The van der Waals surface area contributed by atoms with E-state index in [0.717, 1.165) is 5.56 Å². The number of hydrogen-bond donors (Lipinski definition) is 1. The monoisotopic (exact) mass is 247 g/mol. The summed E-state index contributed by atoms with van der Waals surface area (Å²) >= 11 is 0. The number of hydrogen-bond acceptors (Lipinski definition) is 1. The summed E-state index contributed by atoms with van der Waals surface area (Å²) in [5.41, 5.74) is 7.12. The third kappa shape index (κ3) is 2.93. The Bertz CT molecular complexity index is 525. The number of benzene rings is 2. The highest BCUT2D eigenvalue weighted by Crippen LogP contribution is 2.22. The zero-order valence-electron chi connectivity index (χ0n) is 9.94. The maximum absolute atomic E-state index is 13.6. The van der Waals surface area contributed by atoms with Gasteiger partial charge in [0.15, 0.2) is 0 Å². The molecule has 3 heteroatoms. The minimum absolute atomic E-state index is 0.0717. The Morgan fingerprint density at radius 2 is 1.78 bits per heavy atom. The Balaban J connectivity index is 2.23. The molecule has 0 heterocycles. The lowest BCUT2D eigenvalue weighted by molar-refractivity contribution is 0.586. The third-order valence-corrected chi connectivity index (χ3v) is 3.03. The van der Waals surface area contributed by atoms with E-state index in [1.165, 1.54) is 18.2 Å². The third-order valence-electron chi connectivity index (χ3n) is 3.03. The van der Waals surface area contributed by atoms with Gasteiger partial charge in [-0.2, -0.15) is 0 Å². The molecule has 0 aromatic heterocycles. The lowest BCUT2D eigenvalue weighted by Gasteiger charge is -2.15. The van der Waals surface area contributed by atoms with Gasteiger partial charge in [0.05, 0.1) is 0 Å². The first kappa shape index (κ1) is 12.7. The highest BCUT2D eigenvalue weighted by Gasteiger charge is 2.13. The highest BCUT2D eigenvalue weighted by molar-refractivity contribution is 5.26. The van der Waals surface area contributed by atoms with Gasteiger partial charge in [-0.05, 0) is 42.3 Å². The molecule has 0 radical (unpaired) electrons. The first-order valence-corrected chi connectivity index (χ1v) is 5.89. The number of nitrogens with two attached hydrogens (primary N) is 1. The second kappa shape index (κ2) is 5.74. The van der Waals surface area contributed by atoms with Gasteiger partial charge in [-0.15, -0.1) is 0 Å².